The third kappa shape index (κ3) is 5.24. The van der Waals surface area contributed by atoms with Gasteiger partial charge in [-0.15, -0.1) is 11.3 Å². The van der Waals surface area contributed by atoms with Crippen molar-refractivity contribution >= 4 is 34.0 Å². The lowest BCUT2D eigenvalue weighted by Crippen LogP contribution is -2.44. The summed E-state index contributed by atoms with van der Waals surface area (Å²) in [5, 5.41) is 8.43. The molecule has 2 aliphatic heterocycles. The van der Waals surface area contributed by atoms with Crippen LogP contribution in [-0.2, 0) is 27.3 Å². The van der Waals surface area contributed by atoms with Crippen LogP contribution in [0.3, 0.4) is 0 Å². The molecule has 0 saturated carbocycles. The van der Waals surface area contributed by atoms with Crippen LogP contribution in [0, 0.1) is 5.92 Å². The lowest BCUT2D eigenvalue weighted by molar-refractivity contribution is -0.121. The molecule has 7 nitrogen and oxygen atoms in total. The first-order valence-corrected chi connectivity index (χ1v) is 11.3. The third-order valence-corrected chi connectivity index (χ3v) is 6.32. The van der Waals surface area contributed by atoms with Gasteiger partial charge in [0.25, 0.3) is 0 Å². The molecular formula is C22H28N4O3S. The standard InChI is InChI=1S/C22H28N4O3S/c1-14-10-26(11-15(2)29-14)12-18-13-30-22(23-18)25-20(27)8-7-17-9-16-5-3-4-6-19(16)24-21(17)28/h3-6,13-15,17H,7-12H2,1-2H3,(H,24,28)(H,23,25,27)/t14-,15-,17-/m1/s1. The third-order valence-electron chi connectivity index (χ3n) is 5.51. The van der Waals surface area contributed by atoms with E-state index in [1.165, 1.54) is 11.3 Å². The largest absolute Gasteiger partial charge is 0.373 e. The molecule has 0 radical (unpaired) electrons. The molecule has 1 saturated heterocycles. The molecule has 2 N–H and O–H groups in total. The van der Waals surface area contributed by atoms with Crippen LogP contribution in [0.15, 0.2) is 29.6 Å². The van der Waals surface area contributed by atoms with Crippen LogP contribution in [0.2, 0.25) is 0 Å². The first-order chi connectivity index (χ1) is 14.5. The second-order valence-corrected chi connectivity index (χ2v) is 9.09. The van der Waals surface area contributed by atoms with Crippen molar-refractivity contribution in [1.29, 1.82) is 0 Å². The summed E-state index contributed by atoms with van der Waals surface area (Å²) in [4.78, 5) is 31.6. The van der Waals surface area contributed by atoms with Crippen LogP contribution >= 0.6 is 11.3 Å². The maximum Gasteiger partial charge on any atom is 0.227 e. The Kier molecular flexibility index (Phi) is 6.46. The van der Waals surface area contributed by atoms with Crippen molar-refractivity contribution in [3.8, 4) is 0 Å². The molecule has 4 rings (SSSR count). The lowest BCUT2D eigenvalue weighted by atomic mass is 9.89. The number of thiazole rings is 1. The van der Waals surface area contributed by atoms with Gasteiger partial charge >= 0.3 is 0 Å². The van der Waals surface area contributed by atoms with Gasteiger partial charge in [0.2, 0.25) is 11.8 Å². The van der Waals surface area contributed by atoms with Crippen molar-refractivity contribution in [2.75, 3.05) is 23.7 Å². The van der Waals surface area contributed by atoms with Gasteiger partial charge < -0.3 is 15.4 Å². The molecule has 3 atom stereocenters. The van der Waals surface area contributed by atoms with E-state index in [4.69, 9.17) is 4.74 Å². The first-order valence-electron chi connectivity index (χ1n) is 10.5. The zero-order valence-electron chi connectivity index (χ0n) is 17.4. The van der Waals surface area contributed by atoms with Crippen LogP contribution in [-0.4, -0.2) is 47.0 Å². The van der Waals surface area contributed by atoms with Crippen LogP contribution in [0.4, 0.5) is 10.8 Å². The molecule has 30 heavy (non-hydrogen) atoms. The first kappa shape index (κ1) is 21.0. The number of amides is 2. The zero-order valence-corrected chi connectivity index (χ0v) is 18.2. The molecule has 1 aromatic heterocycles. The second kappa shape index (κ2) is 9.24. The second-order valence-electron chi connectivity index (χ2n) is 8.23. The molecule has 0 unspecified atom stereocenters. The predicted octanol–water partition coefficient (Wildman–Crippen LogP) is 3.28. The molecule has 0 bridgehead atoms. The highest BCUT2D eigenvalue weighted by Crippen LogP contribution is 2.28. The maximum absolute atomic E-state index is 12.4. The topological polar surface area (TPSA) is 83.6 Å². The minimum atomic E-state index is -0.178. The van der Waals surface area contributed by atoms with Crippen molar-refractivity contribution in [2.24, 2.45) is 5.92 Å². The fraction of sp³-hybridized carbons (Fsp3) is 0.500. The number of nitrogens with one attached hydrogen (secondary N) is 2. The quantitative estimate of drug-likeness (QED) is 0.738. The number of nitrogens with zero attached hydrogens (tertiary/aromatic N) is 2. The van der Waals surface area contributed by atoms with Crippen LogP contribution in [0.1, 0.15) is 37.9 Å². The molecule has 1 fully saturated rings. The Bertz CT molecular complexity index is 905. The fourth-order valence-electron chi connectivity index (χ4n) is 4.21. The smallest absolute Gasteiger partial charge is 0.227 e. The van der Waals surface area contributed by atoms with Gasteiger partial charge in [0.15, 0.2) is 5.13 Å². The van der Waals surface area contributed by atoms with E-state index >= 15 is 0 Å². The molecular weight excluding hydrogens is 400 g/mol. The molecule has 3 heterocycles. The minimum Gasteiger partial charge on any atom is -0.373 e. The molecule has 0 spiro atoms. The highest BCUT2D eigenvalue weighted by Gasteiger charge is 2.26. The Balaban J connectivity index is 1.25. The van der Waals surface area contributed by atoms with Gasteiger partial charge in [0.1, 0.15) is 0 Å². The summed E-state index contributed by atoms with van der Waals surface area (Å²) in [6.45, 7) is 6.69. The summed E-state index contributed by atoms with van der Waals surface area (Å²) >= 11 is 1.44. The normalized spacial score (nSPS) is 24.2. The van der Waals surface area contributed by atoms with E-state index in [0.717, 1.165) is 36.6 Å². The Labute approximate surface area is 180 Å². The number of para-hydroxylation sites is 1. The Morgan fingerprint density at radius 2 is 2.07 bits per heavy atom. The number of hydrogen-bond donors (Lipinski definition) is 2. The molecule has 2 aliphatic rings. The molecule has 1 aromatic carbocycles. The Hall–Kier alpha value is -2.29. The summed E-state index contributed by atoms with van der Waals surface area (Å²) < 4.78 is 5.77. The minimum absolute atomic E-state index is 0.00740. The lowest BCUT2D eigenvalue weighted by Gasteiger charge is -2.34. The number of hydrogen-bond acceptors (Lipinski definition) is 6. The number of ether oxygens (including phenoxy) is 1. The van der Waals surface area contributed by atoms with E-state index in [2.05, 4.69) is 34.4 Å². The number of morpholine rings is 1. The highest BCUT2D eigenvalue weighted by atomic mass is 32.1. The molecule has 8 heteroatoms. The highest BCUT2D eigenvalue weighted by molar-refractivity contribution is 7.13. The average Bonchev–Trinajstić information content (AvgIpc) is 3.12. The predicted molar refractivity (Wildman–Crippen MR) is 118 cm³/mol. The molecule has 2 aromatic rings. The zero-order chi connectivity index (χ0) is 21.1. The van der Waals surface area contributed by atoms with Gasteiger partial charge in [-0.3, -0.25) is 14.5 Å². The van der Waals surface area contributed by atoms with Gasteiger partial charge in [0.05, 0.1) is 17.9 Å². The van der Waals surface area contributed by atoms with E-state index in [-0.39, 0.29) is 29.9 Å². The van der Waals surface area contributed by atoms with Crippen molar-refractivity contribution < 1.29 is 14.3 Å². The Morgan fingerprint density at radius 1 is 1.30 bits per heavy atom. The number of aromatic nitrogens is 1. The van der Waals surface area contributed by atoms with E-state index < -0.39 is 0 Å². The van der Waals surface area contributed by atoms with Gasteiger partial charge in [-0.2, -0.15) is 0 Å². The van der Waals surface area contributed by atoms with Crippen LogP contribution in [0.25, 0.3) is 0 Å². The summed E-state index contributed by atoms with van der Waals surface area (Å²) in [7, 11) is 0. The number of anilines is 2. The van der Waals surface area contributed by atoms with Crippen molar-refractivity contribution in [3.05, 3.63) is 40.9 Å². The maximum atomic E-state index is 12.4. The number of fused-ring (bicyclic) bond motifs is 1. The van der Waals surface area contributed by atoms with E-state index in [1.54, 1.807) is 0 Å². The summed E-state index contributed by atoms with van der Waals surface area (Å²) in [6.07, 6.45) is 1.93. The van der Waals surface area contributed by atoms with Gasteiger partial charge in [0, 0.05) is 43.0 Å². The van der Waals surface area contributed by atoms with Gasteiger partial charge in [-0.1, -0.05) is 18.2 Å². The van der Waals surface area contributed by atoms with Crippen LogP contribution in [0.5, 0.6) is 0 Å². The average molecular weight is 429 g/mol. The number of carbonyl (C=O) groups excluding carboxylic acids is 2. The van der Waals surface area contributed by atoms with Crippen molar-refractivity contribution in [1.82, 2.24) is 9.88 Å². The number of benzene rings is 1. The summed E-state index contributed by atoms with van der Waals surface area (Å²) in [6, 6.07) is 7.82. The fourth-order valence-corrected chi connectivity index (χ4v) is 4.93. The SMILES string of the molecule is C[C@@H]1CN(Cc2csc(NC(=O)CC[C@@H]3Cc4ccccc4NC3=O)n2)C[C@@H](C)O1. The Morgan fingerprint density at radius 3 is 2.87 bits per heavy atom. The number of carbonyl (C=O) groups is 2. The molecule has 2 amide bonds. The monoisotopic (exact) mass is 428 g/mol. The molecule has 160 valence electrons. The summed E-state index contributed by atoms with van der Waals surface area (Å²) in [5.74, 6) is -0.286. The van der Waals surface area contributed by atoms with Crippen molar-refractivity contribution in [2.45, 2.75) is 51.9 Å². The van der Waals surface area contributed by atoms with Gasteiger partial charge in [-0.05, 0) is 38.3 Å². The van der Waals surface area contributed by atoms with Gasteiger partial charge in [-0.25, -0.2) is 4.98 Å². The van der Waals surface area contributed by atoms with E-state index in [1.807, 2.05) is 29.6 Å². The van der Waals surface area contributed by atoms with E-state index in [9.17, 15) is 9.59 Å². The van der Waals surface area contributed by atoms with Crippen molar-refractivity contribution in [3.63, 3.8) is 0 Å². The molecule has 0 aliphatic carbocycles. The summed E-state index contributed by atoms with van der Waals surface area (Å²) in [5.41, 5.74) is 2.96. The number of rotatable bonds is 6. The van der Waals surface area contributed by atoms with Crippen LogP contribution < -0.4 is 10.6 Å². The van der Waals surface area contributed by atoms with E-state index in [0.29, 0.717) is 24.4 Å².